The predicted molar refractivity (Wildman–Crippen MR) is 224 cm³/mol. The fourth-order valence-corrected chi connectivity index (χ4v) is 9.46. The van der Waals surface area contributed by atoms with E-state index in [1.807, 2.05) is 32.8 Å². The van der Waals surface area contributed by atoms with Gasteiger partial charge in [-0.3, -0.25) is 4.79 Å². The quantitative estimate of drug-likeness (QED) is 0.0778. The molecule has 0 radical (unpaired) electrons. The van der Waals surface area contributed by atoms with Crippen LogP contribution in [0.2, 0.25) is 0 Å². The van der Waals surface area contributed by atoms with Crippen molar-refractivity contribution in [1.29, 1.82) is 0 Å². The summed E-state index contributed by atoms with van der Waals surface area (Å²) in [6, 6.07) is -0.337. The van der Waals surface area contributed by atoms with Gasteiger partial charge in [-0.15, -0.1) is 0 Å². The van der Waals surface area contributed by atoms with E-state index >= 15 is 0 Å². The normalized spacial score (nSPS) is 45.0. The summed E-state index contributed by atoms with van der Waals surface area (Å²) in [5.41, 5.74) is -4.54. The van der Waals surface area contributed by atoms with Crippen LogP contribution in [0, 0.1) is 28.9 Å². The fraction of sp³-hybridized carbons (Fsp3) is 0.953. The molecule has 0 aromatic carbocycles. The number of nitrogens with zero attached hydrogens (tertiary/aromatic N) is 3. The molecule has 352 valence electrons. The van der Waals surface area contributed by atoms with E-state index < -0.39 is 106 Å². The third kappa shape index (κ3) is 12.2. The average Bonchev–Trinajstić information content (AvgIpc) is 3.18. The van der Waals surface area contributed by atoms with Crippen LogP contribution in [0.4, 0.5) is 0 Å². The van der Waals surface area contributed by atoms with Crippen molar-refractivity contribution >= 4 is 11.7 Å². The molecule has 5 N–H and O–H groups in total. The van der Waals surface area contributed by atoms with Gasteiger partial charge in [0, 0.05) is 37.3 Å². The number of hydrogen-bond acceptors (Lipinski definition) is 16. The number of aliphatic hydroxyl groups excluding tert-OH is 3. The first kappa shape index (κ1) is 52.8. The van der Waals surface area contributed by atoms with Crippen molar-refractivity contribution in [3.05, 3.63) is 5.21 Å². The number of carbonyl (C=O) groups excluding carboxylic acids is 1. The minimum atomic E-state index is -1.98. The molecule has 0 bridgehead atoms. The Morgan fingerprint density at radius 1 is 0.917 bits per heavy atom. The molecule has 3 aliphatic heterocycles. The Kier molecular flexibility index (Phi) is 18.8. The molecule has 0 saturated carbocycles. The Morgan fingerprint density at radius 3 is 2.08 bits per heavy atom. The van der Waals surface area contributed by atoms with E-state index in [0.717, 1.165) is 0 Å². The van der Waals surface area contributed by atoms with Gasteiger partial charge < -0.3 is 73.5 Å². The first-order chi connectivity index (χ1) is 27.7. The van der Waals surface area contributed by atoms with E-state index in [9.17, 15) is 35.5 Å². The van der Waals surface area contributed by atoms with Crippen LogP contribution in [-0.2, 0) is 38.1 Å². The molecule has 0 aliphatic carbocycles. The van der Waals surface area contributed by atoms with Gasteiger partial charge in [0.2, 0.25) is 0 Å². The highest BCUT2D eigenvalue weighted by atomic mass is 16.7. The number of oxime groups is 1. The van der Waals surface area contributed by atoms with Crippen LogP contribution in [0.3, 0.4) is 0 Å². The number of ether oxygens (including phenoxy) is 6. The third-order valence-corrected chi connectivity index (χ3v) is 13.8. The molecule has 18 atom stereocenters. The Balaban J connectivity index is 2.24. The molecular weight excluding hydrogens is 782 g/mol. The molecule has 17 heteroatoms. The van der Waals surface area contributed by atoms with Crippen molar-refractivity contribution in [2.45, 2.75) is 193 Å². The Labute approximate surface area is 358 Å². The molecule has 0 aromatic rings. The van der Waals surface area contributed by atoms with Gasteiger partial charge in [-0.1, -0.05) is 32.9 Å². The zero-order valence-electron chi connectivity index (χ0n) is 39.1. The number of rotatable bonds is 13. The number of hydroxylamine groups is 3. The van der Waals surface area contributed by atoms with Gasteiger partial charge in [0.25, 0.3) is 0 Å². The maximum absolute atomic E-state index is 14.4. The van der Waals surface area contributed by atoms with Crippen LogP contribution < -0.4 is 0 Å². The Bertz CT molecular complexity index is 1380. The Morgan fingerprint density at radius 2 is 1.53 bits per heavy atom. The van der Waals surface area contributed by atoms with Crippen LogP contribution in [0.5, 0.6) is 0 Å². The van der Waals surface area contributed by atoms with Gasteiger partial charge >= 0.3 is 5.97 Å². The summed E-state index contributed by atoms with van der Waals surface area (Å²) in [7, 11) is 5.21. The predicted octanol–water partition coefficient (Wildman–Crippen LogP) is 2.94. The van der Waals surface area contributed by atoms with Gasteiger partial charge in [-0.2, -0.15) is 0 Å². The molecule has 3 fully saturated rings. The molecule has 60 heavy (non-hydrogen) atoms. The second-order valence-corrected chi connectivity index (χ2v) is 18.8. The number of esters is 1. The van der Waals surface area contributed by atoms with Gasteiger partial charge in [0.05, 0.1) is 66.4 Å². The first-order valence-corrected chi connectivity index (χ1v) is 22.0. The number of aliphatic hydroxyl groups is 5. The van der Waals surface area contributed by atoms with Crippen LogP contribution in [-0.4, -0.2) is 178 Å². The third-order valence-electron chi connectivity index (χ3n) is 13.8. The summed E-state index contributed by atoms with van der Waals surface area (Å²) in [6.07, 6.45) is -9.64. The lowest BCUT2D eigenvalue weighted by atomic mass is 9.73. The van der Waals surface area contributed by atoms with Crippen LogP contribution >= 0.6 is 0 Å². The van der Waals surface area contributed by atoms with E-state index in [1.54, 1.807) is 62.3 Å². The van der Waals surface area contributed by atoms with Crippen LogP contribution in [0.15, 0.2) is 5.16 Å². The summed E-state index contributed by atoms with van der Waals surface area (Å²) >= 11 is 0. The molecule has 2 unspecified atom stereocenters. The highest BCUT2D eigenvalue weighted by Gasteiger charge is 2.53. The van der Waals surface area contributed by atoms with Gasteiger partial charge in [-0.05, 0) is 88.7 Å². The number of hydrogen-bond donors (Lipinski definition) is 5. The molecule has 3 saturated heterocycles. The summed E-state index contributed by atoms with van der Waals surface area (Å²) in [5.74, 6) is -4.21. The van der Waals surface area contributed by atoms with Crippen molar-refractivity contribution in [3.63, 3.8) is 0 Å². The number of quaternary nitrogens is 1. The van der Waals surface area contributed by atoms with E-state index in [0.29, 0.717) is 25.2 Å². The standard InChI is InChI=1S/C43H81N3O14/c1-16-31-43(12,52)36(48)26(6)33(44-55-20-19-46(53,17-2)18-3)24(4)22-41(10,51)38(60-40-34(47)30(45(13)14)21-25(5)56-40)27(7)35(28(8)39(50)58-31)59-32-23-42(11,54-15)37(49)29(9)57-32/h24-32,34-38,40,47-49,51-52H,16-23H2,1-15H3/b44-33+/t24-,25-,26+,27+,28-,29+,30+,31?,32+,34-,35?,36-,37+,38-,40+,41-,42-,43-/m1/s1. The maximum atomic E-state index is 14.4. The molecule has 3 heterocycles. The van der Waals surface area contributed by atoms with E-state index in [2.05, 4.69) is 5.16 Å². The van der Waals surface area contributed by atoms with Crippen molar-refractivity contribution in [3.8, 4) is 0 Å². The van der Waals surface area contributed by atoms with Crippen LogP contribution in [0.1, 0.15) is 109 Å². The van der Waals surface area contributed by atoms with Crippen molar-refractivity contribution in [2.75, 3.05) is 47.4 Å². The lowest BCUT2D eigenvalue weighted by Gasteiger charge is -2.49. The topological polar surface area (TPSA) is 221 Å². The van der Waals surface area contributed by atoms with Gasteiger partial charge in [-0.25, -0.2) is 0 Å². The second-order valence-electron chi connectivity index (χ2n) is 18.8. The number of methoxy groups -OCH3 is 1. The highest BCUT2D eigenvalue weighted by Crippen LogP contribution is 2.41. The van der Waals surface area contributed by atoms with Crippen molar-refractivity contribution in [1.82, 2.24) is 4.90 Å². The molecule has 0 aromatic heterocycles. The average molecular weight is 864 g/mol. The minimum absolute atomic E-state index is 0.0188. The van der Waals surface area contributed by atoms with Crippen LogP contribution in [0.25, 0.3) is 0 Å². The number of cyclic esters (lactones) is 1. The molecule has 3 rings (SSSR count). The summed E-state index contributed by atoms with van der Waals surface area (Å²) < 4.78 is 37.2. The summed E-state index contributed by atoms with van der Waals surface area (Å²) in [4.78, 5) is 22.1. The first-order valence-electron chi connectivity index (χ1n) is 22.0. The maximum Gasteiger partial charge on any atom is 0.311 e. The van der Waals surface area contributed by atoms with Crippen molar-refractivity contribution < 1.29 is 68.2 Å². The zero-order valence-corrected chi connectivity index (χ0v) is 39.1. The van der Waals surface area contributed by atoms with Crippen molar-refractivity contribution in [2.24, 2.45) is 28.8 Å². The SMILES string of the molecule is CCC1OC(=O)[C@H](C)C(O[C@H]2C[C@@](C)(OC)[C@@H](O)[C@H](C)O2)[C@H](C)[C@@H](O[C@@H]2O[C@H](C)C[C@H](N(C)C)[C@H]2O)[C@](C)(O)C[C@@H](C)/C(=N\OCC[N+]([O-])(CC)CC)[C@H](C)[C@@H](O)[C@]1(C)O. The largest absolute Gasteiger partial charge is 0.633 e. The fourth-order valence-electron chi connectivity index (χ4n) is 9.46. The van der Waals surface area contributed by atoms with E-state index in [1.165, 1.54) is 14.0 Å². The number of carbonyl (C=O) groups is 1. The molecular formula is C43H81N3O14. The van der Waals surface area contributed by atoms with Gasteiger partial charge in [0.1, 0.15) is 30.5 Å². The van der Waals surface area contributed by atoms with E-state index in [4.69, 9.17) is 33.3 Å². The second kappa shape index (κ2) is 21.4. The summed E-state index contributed by atoms with van der Waals surface area (Å²) in [6.45, 7) is 21.3. The minimum Gasteiger partial charge on any atom is -0.633 e. The smallest absolute Gasteiger partial charge is 0.311 e. The van der Waals surface area contributed by atoms with Gasteiger partial charge in [0.15, 0.2) is 19.2 Å². The molecule has 0 amide bonds. The molecule has 0 spiro atoms. The monoisotopic (exact) mass is 864 g/mol. The van der Waals surface area contributed by atoms with E-state index in [-0.39, 0.29) is 44.6 Å². The zero-order chi connectivity index (χ0) is 45.7. The lowest BCUT2D eigenvalue weighted by Crippen LogP contribution is -2.61. The highest BCUT2D eigenvalue weighted by molar-refractivity contribution is 5.88. The Hall–Kier alpha value is -1.58. The summed E-state index contributed by atoms with van der Waals surface area (Å²) in [5, 5.41) is 76.9. The number of likely N-dealkylation sites (N-methyl/N-ethyl adjacent to an activating group) is 2. The molecule has 3 aliphatic rings. The lowest BCUT2D eigenvalue weighted by molar-refractivity contribution is -0.877. The molecule has 17 nitrogen and oxygen atoms in total.